The van der Waals surface area contributed by atoms with Gasteiger partial charge in [-0.2, -0.15) is 29.0 Å². The molecule has 3 aliphatic carbocycles. The SMILES string of the molecule is Cc1cc2c(c(C)c1C)C(C)c1c3c(c4ccccc4c1-2)C(C)C(C)C(C)[C-]3C.[Cl-].[Cl-].[Zr+2]=[C]1CCCCC1.c1ccc2[cH-]ccc2c1. The monoisotopic (exact) mass is 738 g/mol. The predicted octanol–water partition coefficient (Wildman–Crippen LogP) is 6.47. The van der Waals surface area contributed by atoms with E-state index in [0.29, 0.717) is 23.7 Å². The summed E-state index contributed by atoms with van der Waals surface area (Å²) in [6.07, 6.45) is 7.32. The standard InChI is InChI=1S/C29H33.C9H7.C6H10.2ClH.Zr/c1-14-13-24-25(18(5)15(14)2)21(8)28-27-20(7)17(4)16(3)19(6)26(27)22-11-9-10-12-23(22)29(24)28;1-2-5-9-7-3-6-8(9)4-1;1-2-4-6-5-3-1;;;/h9-13,16-17,19,21H,1-8H3;1-7H;1-5H2;2*1H;/q2*-1;;;;+2/p-2. The summed E-state index contributed by atoms with van der Waals surface area (Å²) < 4.78 is 1.80. The predicted molar refractivity (Wildman–Crippen MR) is 194 cm³/mol. The number of hydrogen-bond acceptors (Lipinski definition) is 0. The van der Waals surface area contributed by atoms with Crippen LogP contribution in [0.4, 0.5) is 0 Å². The maximum atomic E-state index is 2.46. The van der Waals surface area contributed by atoms with Crippen molar-refractivity contribution in [2.24, 2.45) is 11.8 Å². The van der Waals surface area contributed by atoms with Gasteiger partial charge in [-0.25, -0.2) is 0 Å². The third kappa shape index (κ3) is 6.89. The molecule has 47 heavy (non-hydrogen) atoms. The molecule has 0 saturated heterocycles. The van der Waals surface area contributed by atoms with Gasteiger partial charge in [-0.1, -0.05) is 99.7 Å². The molecule has 0 aliphatic heterocycles. The van der Waals surface area contributed by atoms with Crippen LogP contribution in [-0.4, -0.2) is 3.21 Å². The van der Waals surface area contributed by atoms with Crippen molar-refractivity contribution in [1.82, 2.24) is 0 Å². The van der Waals surface area contributed by atoms with Gasteiger partial charge in [0.25, 0.3) is 0 Å². The first-order valence-corrected chi connectivity index (χ1v) is 18.5. The van der Waals surface area contributed by atoms with Crippen LogP contribution in [0.15, 0.2) is 72.8 Å². The van der Waals surface area contributed by atoms with Crippen molar-refractivity contribution >= 4 is 24.8 Å². The summed E-state index contributed by atoms with van der Waals surface area (Å²) in [6, 6.07) is 26.3. The minimum atomic E-state index is 0. The number of halogens is 2. The Morgan fingerprint density at radius 1 is 0.745 bits per heavy atom. The van der Waals surface area contributed by atoms with Gasteiger partial charge in [-0.05, 0) is 59.9 Å². The summed E-state index contributed by atoms with van der Waals surface area (Å²) in [4.78, 5) is 0. The Kier molecular flexibility index (Phi) is 12.6. The molecular weight excluding hydrogens is 691 g/mol. The molecule has 0 spiro atoms. The molecule has 4 unspecified atom stereocenters. The molecule has 0 aromatic heterocycles. The largest absolute Gasteiger partial charge is 0.168 e. The van der Waals surface area contributed by atoms with Gasteiger partial charge in [0, 0.05) is 0 Å². The molecule has 0 amide bonds. The van der Waals surface area contributed by atoms with Crippen LogP contribution < -0.4 is 24.8 Å². The van der Waals surface area contributed by atoms with E-state index in [1.807, 2.05) is 0 Å². The zero-order chi connectivity index (χ0) is 32.0. The molecule has 0 N–H and O–H groups in total. The van der Waals surface area contributed by atoms with Gasteiger partial charge >= 0.3 is 59.5 Å². The van der Waals surface area contributed by atoms with Gasteiger partial charge in [0.2, 0.25) is 0 Å². The normalized spacial score (nSPS) is 20.9. The van der Waals surface area contributed by atoms with E-state index in [0.717, 1.165) is 0 Å². The number of rotatable bonds is 0. The summed E-state index contributed by atoms with van der Waals surface area (Å²) in [5, 5.41) is 5.59. The van der Waals surface area contributed by atoms with Gasteiger partial charge in [0.1, 0.15) is 0 Å². The van der Waals surface area contributed by atoms with E-state index in [1.165, 1.54) is 81.5 Å². The average Bonchev–Trinajstić information content (AvgIpc) is 3.65. The van der Waals surface area contributed by atoms with Crippen molar-refractivity contribution in [1.29, 1.82) is 0 Å². The summed E-state index contributed by atoms with van der Waals surface area (Å²) in [5.41, 5.74) is 13.7. The molecular formula is C44H50Cl2Zr-2. The van der Waals surface area contributed by atoms with Crippen LogP contribution in [0.5, 0.6) is 0 Å². The average molecular weight is 741 g/mol. The molecule has 1 fully saturated rings. The molecule has 5 aromatic rings. The smallest absolute Gasteiger partial charge is 0.0809 e. The second-order valence-electron chi connectivity index (χ2n) is 14.2. The maximum Gasteiger partial charge on any atom is -0.0809 e. The molecule has 0 nitrogen and oxygen atoms in total. The van der Waals surface area contributed by atoms with Crippen molar-refractivity contribution in [2.45, 2.75) is 99.3 Å². The fraction of sp³-hybridized carbons (Fsp3) is 0.386. The summed E-state index contributed by atoms with van der Waals surface area (Å²) in [6.45, 7) is 19.1. The van der Waals surface area contributed by atoms with Crippen molar-refractivity contribution < 1.29 is 49.0 Å². The third-order valence-electron chi connectivity index (χ3n) is 11.8. The molecule has 4 atom stereocenters. The van der Waals surface area contributed by atoms with Gasteiger partial charge < -0.3 is 24.8 Å². The Bertz CT molecular complexity index is 1840. The Balaban J connectivity index is 0.000000227. The van der Waals surface area contributed by atoms with Crippen LogP contribution in [0.25, 0.3) is 32.7 Å². The van der Waals surface area contributed by atoms with E-state index in [-0.39, 0.29) is 24.8 Å². The van der Waals surface area contributed by atoms with Crippen molar-refractivity contribution in [3.63, 3.8) is 0 Å². The van der Waals surface area contributed by atoms with Crippen LogP contribution in [-0.2, 0) is 24.2 Å². The van der Waals surface area contributed by atoms with Gasteiger partial charge in [-0.3, -0.25) is 0 Å². The third-order valence-corrected chi connectivity index (χ3v) is 13.0. The minimum absolute atomic E-state index is 0. The molecule has 246 valence electrons. The van der Waals surface area contributed by atoms with E-state index in [9.17, 15) is 0 Å². The van der Waals surface area contributed by atoms with Crippen molar-refractivity contribution in [2.75, 3.05) is 0 Å². The summed E-state index contributed by atoms with van der Waals surface area (Å²) in [7, 11) is 0. The first-order valence-electron chi connectivity index (χ1n) is 17.3. The van der Waals surface area contributed by atoms with Crippen LogP contribution >= 0.6 is 0 Å². The van der Waals surface area contributed by atoms with E-state index in [1.54, 1.807) is 55.6 Å². The van der Waals surface area contributed by atoms with Crippen LogP contribution in [0.3, 0.4) is 0 Å². The Morgan fingerprint density at radius 2 is 1.38 bits per heavy atom. The van der Waals surface area contributed by atoms with Gasteiger partial charge in [0.05, 0.1) is 0 Å². The summed E-state index contributed by atoms with van der Waals surface area (Å²) in [5.74, 6) is 3.94. The van der Waals surface area contributed by atoms with Crippen molar-refractivity contribution in [3.05, 3.63) is 118 Å². The minimum Gasteiger partial charge on any atom is -0.168 e. The topological polar surface area (TPSA) is 0 Å². The molecule has 3 heteroatoms. The van der Waals surface area contributed by atoms with Gasteiger partial charge in [-0.15, -0.1) is 40.8 Å². The second-order valence-corrected chi connectivity index (χ2v) is 15.9. The molecule has 0 radical (unpaired) electrons. The number of aryl methyl sites for hydroxylation is 1. The van der Waals surface area contributed by atoms with E-state index in [2.05, 4.69) is 128 Å². The summed E-state index contributed by atoms with van der Waals surface area (Å²) >= 11 is 1.69. The quantitative estimate of drug-likeness (QED) is 0.160. The second kappa shape index (κ2) is 15.7. The van der Waals surface area contributed by atoms with Crippen LogP contribution in [0, 0.1) is 38.5 Å². The Hall–Kier alpha value is -2.05. The molecule has 8 rings (SSSR count). The number of hydrogen-bond donors (Lipinski definition) is 0. The molecule has 0 heterocycles. The fourth-order valence-corrected chi connectivity index (χ4v) is 9.35. The Morgan fingerprint density at radius 3 is 2.02 bits per heavy atom. The van der Waals surface area contributed by atoms with Gasteiger partial charge in [0.15, 0.2) is 0 Å². The Labute approximate surface area is 311 Å². The zero-order valence-corrected chi connectivity index (χ0v) is 33.5. The van der Waals surface area contributed by atoms with E-state index in [4.69, 9.17) is 0 Å². The maximum absolute atomic E-state index is 2.46. The van der Waals surface area contributed by atoms with Crippen LogP contribution in [0.2, 0.25) is 0 Å². The number of benzene rings is 4. The van der Waals surface area contributed by atoms with E-state index >= 15 is 0 Å². The first kappa shape index (κ1) is 37.8. The van der Waals surface area contributed by atoms with Crippen LogP contribution in [0.1, 0.15) is 118 Å². The van der Waals surface area contributed by atoms with Crippen molar-refractivity contribution in [3.8, 4) is 11.1 Å². The molecule has 0 bridgehead atoms. The fourth-order valence-electron chi connectivity index (χ4n) is 8.48. The zero-order valence-electron chi connectivity index (χ0n) is 29.5. The number of fused-ring (bicyclic) bond motifs is 9. The molecule has 5 aromatic carbocycles. The molecule has 3 aliphatic rings. The first-order chi connectivity index (χ1) is 21.6. The molecule has 1 saturated carbocycles. The van der Waals surface area contributed by atoms with E-state index < -0.39 is 0 Å².